The van der Waals surface area contributed by atoms with Gasteiger partial charge in [0.1, 0.15) is 5.76 Å². The monoisotopic (exact) mass is 333 g/mol. The predicted octanol–water partition coefficient (Wildman–Crippen LogP) is 4.16. The van der Waals surface area contributed by atoms with Crippen molar-refractivity contribution in [2.24, 2.45) is 0 Å². The summed E-state index contributed by atoms with van der Waals surface area (Å²) in [5, 5.41) is 0. The van der Waals surface area contributed by atoms with Gasteiger partial charge in [0.05, 0.1) is 12.0 Å². The molecule has 0 bridgehead atoms. The summed E-state index contributed by atoms with van der Waals surface area (Å²) in [6.07, 6.45) is 3.64. The Labute approximate surface area is 146 Å². The second-order valence-electron chi connectivity index (χ2n) is 6.57. The lowest BCUT2D eigenvalue weighted by Gasteiger charge is -2.22. The Hall–Kier alpha value is -2.88. The van der Waals surface area contributed by atoms with Crippen molar-refractivity contribution in [3.05, 3.63) is 82.6 Å². The van der Waals surface area contributed by atoms with E-state index in [1.165, 1.54) is 0 Å². The summed E-state index contributed by atoms with van der Waals surface area (Å²) in [6.45, 7) is 2.46. The van der Waals surface area contributed by atoms with Crippen LogP contribution in [0.25, 0.3) is 0 Å². The van der Waals surface area contributed by atoms with E-state index in [1.54, 1.807) is 6.26 Å². The summed E-state index contributed by atoms with van der Waals surface area (Å²) in [4.78, 5) is 24.5. The minimum atomic E-state index is 0.0262. The van der Waals surface area contributed by atoms with Crippen LogP contribution in [0.2, 0.25) is 0 Å². The van der Waals surface area contributed by atoms with Crippen molar-refractivity contribution >= 4 is 12.1 Å². The van der Waals surface area contributed by atoms with Crippen molar-refractivity contribution in [3.8, 4) is 0 Å². The first kappa shape index (κ1) is 15.6. The van der Waals surface area contributed by atoms with E-state index in [4.69, 9.17) is 4.42 Å². The number of carbonyl (C=O) groups excluding carboxylic acids is 2. The number of aldehydes is 1. The first-order valence-electron chi connectivity index (χ1n) is 8.46. The number of hydrogen-bond donors (Lipinski definition) is 0. The minimum absolute atomic E-state index is 0.0262. The zero-order chi connectivity index (χ0) is 17.4. The van der Waals surface area contributed by atoms with Gasteiger partial charge in [-0.2, -0.15) is 0 Å². The molecule has 25 heavy (non-hydrogen) atoms. The molecular formula is C21H19NO3. The molecule has 1 aliphatic carbocycles. The number of furan rings is 1. The molecule has 0 saturated carbocycles. The number of hydrogen-bond acceptors (Lipinski definition) is 3. The highest BCUT2D eigenvalue weighted by Crippen LogP contribution is 2.37. The van der Waals surface area contributed by atoms with Crippen LogP contribution in [0.3, 0.4) is 0 Å². The molecular weight excluding hydrogens is 314 g/mol. The smallest absolute Gasteiger partial charge is 0.166 e. The van der Waals surface area contributed by atoms with Crippen LogP contribution < -0.4 is 0 Å². The molecule has 0 aliphatic heterocycles. The Morgan fingerprint density at radius 2 is 1.96 bits per heavy atom. The summed E-state index contributed by atoms with van der Waals surface area (Å²) in [5.41, 5.74) is 4.17. The molecule has 0 N–H and O–H groups in total. The summed E-state index contributed by atoms with van der Waals surface area (Å²) < 4.78 is 7.53. The average molecular weight is 333 g/mol. The van der Waals surface area contributed by atoms with Crippen LogP contribution in [0.4, 0.5) is 0 Å². The molecule has 0 spiro atoms. The number of carbonyl (C=O) groups is 2. The van der Waals surface area contributed by atoms with Crippen LogP contribution in [0, 0.1) is 6.92 Å². The van der Waals surface area contributed by atoms with Crippen LogP contribution in [0.5, 0.6) is 0 Å². The van der Waals surface area contributed by atoms with Crippen LogP contribution in [0.15, 0.2) is 53.1 Å². The fourth-order valence-electron chi connectivity index (χ4n) is 3.86. The molecule has 126 valence electrons. The lowest BCUT2D eigenvalue weighted by atomic mass is 9.84. The van der Waals surface area contributed by atoms with E-state index in [-0.39, 0.29) is 11.7 Å². The highest BCUT2D eigenvalue weighted by atomic mass is 16.3. The first-order chi connectivity index (χ1) is 12.2. The largest absolute Gasteiger partial charge is 0.469 e. The van der Waals surface area contributed by atoms with Gasteiger partial charge in [-0.3, -0.25) is 9.59 Å². The normalized spacial score (nSPS) is 16.7. The highest BCUT2D eigenvalue weighted by Gasteiger charge is 2.34. The maximum atomic E-state index is 12.8. The van der Waals surface area contributed by atoms with Crippen molar-refractivity contribution in [1.82, 2.24) is 4.57 Å². The Kier molecular flexibility index (Phi) is 3.88. The van der Waals surface area contributed by atoms with Gasteiger partial charge < -0.3 is 8.98 Å². The number of ketones is 1. The third kappa shape index (κ3) is 2.64. The summed E-state index contributed by atoms with van der Waals surface area (Å²) in [6, 6.07) is 13.8. The van der Waals surface area contributed by atoms with Gasteiger partial charge >= 0.3 is 0 Å². The Morgan fingerprint density at radius 3 is 2.64 bits per heavy atom. The SMILES string of the molecule is Cc1c2c(n(Cc3ccccc3)c1C=O)CC(c1ccco1)CC2=O. The molecule has 0 radical (unpaired) electrons. The second kappa shape index (κ2) is 6.20. The number of aromatic nitrogens is 1. The molecule has 1 aromatic carbocycles. The molecule has 0 fully saturated rings. The molecule has 3 aromatic rings. The standard InChI is InChI=1S/C21H19NO3/c1-14-18(13-23)22(12-15-6-3-2-4-7-15)17-10-16(11-19(24)21(14)17)20-8-5-9-25-20/h2-9,13,16H,10-12H2,1H3. The zero-order valence-electron chi connectivity index (χ0n) is 14.1. The van der Waals surface area contributed by atoms with Gasteiger partial charge in [-0.25, -0.2) is 0 Å². The number of benzene rings is 1. The summed E-state index contributed by atoms with van der Waals surface area (Å²) in [5.74, 6) is 0.949. The lowest BCUT2D eigenvalue weighted by Crippen LogP contribution is -2.21. The number of rotatable bonds is 4. The topological polar surface area (TPSA) is 52.2 Å². The van der Waals surface area contributed by atoms with Gasteiger partial charge in [0.25, 0.3) is 0 Å². The van der Waals surface area contributed by atoms with E-state index in [0.29, 0.717) is 25.1 Å². The molecule has 0 saturated heterocycles. The average Bonchev–Trinajstić information content (AvgIpc) is 3.24. The molecule has 2 aromatic heterocycles. The molecule has 2 heterocycles. The molecule has 4 nitrogen and oxygen atoms in total. The van der Waals surface area contributed by atoms with E-state index in [2.05, 4.69) is 0 Å². The fourth-order valence-corrected chi connectivity index (χ4v) is 3.86. The maximum absolute atomic E-state index is 12.8. The number of nitrogens with zero attached hydrogens (tertiary/aromatic N) is 1. The molecule has 1 atom stereocenters. The summed E-state index contributed by atoms with van der Waals surface area (Å²) in [7, 11) is 0. The van der Waals surface area contributed by atoms with Crippen molar-refractivity contribution in [2.75, 3.05) is 0 Å². The van der Waals surface area contributed by atoms with Crippen LogP contribution in [0.1, 0.15) is 55.8 Å². The van der Waals surface area contributed by atoms with Gasteiger partial charge in [-0.1, -0.05) is 30.3 Å². The van der Waals surface area contributed by atoms with Crippen molar-refractivity contribution in [2.45, 2.75) is 32.2 Å². The number of fused-ring (bicyclic) bond motifs is 1. The van der Waals surface area contributed by atoms with E-state index in [9.17, 15) is 9.59 Å². The van der Waals surface area contributed by atoms with Crippen molar-refractivity contribution in [3.63, 3.8) is 0 Å². The van der Waals surface area contributed by atoms with Gasteiger partial charge in [0, 0.05) is 30.1 Å². The molecule has 4 rings (SSSR count). The van der Waals surface area contributed by atoms with E-state index in [1.807, 2.05) is 54.0 Å². The van der Waals surface area contributed by atoms with Gasteiger partial charge in [-0.15, -0.1) is 0 Å². The van der Waals surface area contributed by atoms with Crippen molar-refractivity contribution in [1.29, 1.82) is 0 Å². The Balaban J connectivity index is 1.81. The lowest BCUT2D eigenvalue weighted by molar-refractivity contribution is 0.0958. The highest BCUT2D eigenvalue weighted by molar-refractivity contribution is 6.02. The second-order valence-corrected chi connectivity index (χ2v) is 6.57. The third-order valence-electron chi connectivity index (χ3n) is 5.06. The van der Waals surface area contributed by atoms with Gasteiger partial charge in [-0.05, 0) is 36.6 Å². The molecule has 4 heteroatoms. The van der Waals surface area contributed by atoms with E-state index in [0.717, 1.165) is 34.4 Å². The Morgan fingerprint density at radius 1 is 1.16 bits per heavy atom. The van der Waals surface area contributed by atoms with Gasteiger partial charge in [0.2, 0.25) is 0 Å². The maximum Gasteiger partial charge on any atom is 0.166 e. The molecule has 0 amide bonds. The number of Topliss-reactive ketones (excluding diaryl/α,β-unsaturated/α-hetero) is 1. The Bertz CT molecular complexity index is 920. The molecule has 1 unspecified atom stereocenters. The quantitative estimate of drug-likeness (QED) is 0.674. The van der Waals surface area contributed by atoms with E-state index < -0.39 is 0 Å². The zero-order valence-corrected chi connectivity index (χ0v) is 14.1. The fraction of sp³-hybridized carbons (Fsp3) is 0.238. The van der Waals surface area contributed by atoms with Crippen LogP contribution in [-0.4, -0.2) is 16.6 Å². The summed E-state index contributed by atoms with van der Waals surface area (Å²) >= 11 is 0. The van der Waals surface area contributed by atoms with Crippen LogP contribution >= 0.6 is 0 Å². The predicted molar refractivity (Wildman–Crippen MR) is 94.2 cm³/mol. The van der Waals surface area contributed by atoms with Crippen LogP contribution in [-0.2, 0) is 13.0 Å². The molecule has 1 aliphatic rings. The minimum Gasteiger partial charge on any atom is -0.469 e. The first-order valence-corrected chi connectivity index (χ1v) is 8.46. The van der Waals surface area contributed by atoms with Gasteiger partial charge in [0.15, 0.2) is 12.1 Å². The van der Waals surface area contributed by atoms with E-state index >= 15 is 0 Å². The van der Waals surface area contributed by atoms with Crippen molar-refractivity contribution < 1.29 is 14.0 Å². The third-order valence-corrected chi connectivity index (χ3v) is 5.06.